The van der Waals surface area contributed by atoms with Crippen molar-refractivity contribution in [2.45, 2.75) is 30.6 Å². The van der Waals surface area contributed by atoms with E-state index in [2.05, 4.69) is 45.9 Å². The highest BCUT2D eigenvalue weighted by Gasteiger charge is 2.28. The van der Waals surface area contributed by atoms with Crippen molar-refractivity contribution < 1.29 is 4.79 Å². The van der Waals surface area contributed by atoms with E-state index in [0.717, 1.165) is 23.6 Å². The summed E-state index contributed by atoms with van der Waals surface area (Å²) in [5, 5.41) is 14.9. The lowest BCUT2D eigenvalue weighted by molar-refractivity contribution is -0.127. The lowest BCUT2D eigenvalue weighted by atomic mass is 10.1. The predicted octanol–water partition coefficient (Wildman–Crippen LogP) is 2.91. The van der Waals surface area contributed by atoms with E-state index in [9.17, 15) is 4.79 Å². The average molecular weight is 353 g/mol. The molecule has 7 heteroatoms. The van der Waals surface area contributed by atoms with Gasteiger partial charge < -0.3 is 4.90 Å². The van der Waals surface area contributed by atoms with Crippen molar-refractivity contribution >= 4 is 28.4 Å². The largest absolute Gasteiger partial charge is 0.341 e. The van der Waals surface area contributed by atoms with Crippen LogP contribution in [0.4, 0.5) is 0 Å². The Morgan fingerprint density at radius 3 is 2.84 bits per heavy atom. The van der Waals surface area contributed by atoms with E-state index in [-0.39, 0.29) is 5.91 Å². The summed E-state index contributed by atoms with van der Waals surface area (Å²) in [5.41, 5.74) is 1.13. The summed E-state index contributed by atoms with van der Waals surface area (Å²) < 4.78 is 1.83. The molecule has 1 saturated carbocycles. The minimum atomic E-state index is 0.0727. The van der Waals surface area contributed by atoms with E-state index in [1.54, 1.807) is 4.90 Å². The average Bonchev–Trinajstić information content (AvgIpc) is 3.37. The zero-order valence-electron chi connectivity index (χ0n) is 14.0. The molecule has 1 aliphatic rings. The Kier molecular flexibility index (Phi) is 4.40. The third kappa shape index (κ3) is 3.66. The smallest absolute Gasteiger partial charge is 0.233 e. The van der Waals surface area contributed by atoms with Crippen molar-refractivity contribution in [1.29, 1.82) is 0 Å². The van der Waals surface area contributed by atoms with Crippen LogP contribution in [0.2, 0.25) is 0 Å². The third-order valence-corrected chi connectivity index (χ3v) is 5.26. The summed E-state index contributed by atoms with van der Waals surface area (Å²) in [7, 11) is 1.84. The normalized spacial score (nSPS) is 14.0. The van der Waals surface area contributed by atoms with Gasteiger partial charge in [0.2, 0.25) is 11.1 Å². The standard InChI is InChI=1S/C18H19N5OS/c1-22(11-13-6-7-14-4-2-3-5-15(14)10-13)17(24)12-25-18-19-20-21-23(18)16-8-9-16/h2-7,10,16H,8-9,11-12H2,1H3. The molecule has 1 heterocycles. The Morgan fingerprint density at radius 1 is 1.24 bits per heavy atom. The summed E-state index contributed by atoms with van der Waals surface area (Å²) in [6, 6.07) is 15.0. The fourth-order valence-corrected chi connectivity index (χ4v) is 3.65. The van der Waals surface area contributed by atoms with E-state index >= 15 is 0 Å². The number of amides is 1. The molecule has 0 unspecified atom stereocenters. The van der Waals surface area contributed by atoms with E-state index in [4.69, 9.17) is 0 Å². The minimum Gasteiger partial charge on any atom is -0.341 e. The van der Waals surface area contributed by atoms with Crippen molar-refractivity contribution in [3.05, 3.63) is 48.0 Å². The first-order chi connectivity index (χ1) is 12.2. The van der Waals surface area contributed by atoms with Crippen LogP contribution in [0.1, 0.15) is 24.4 Å². The second kappa shape index (κ2) is 6.84. The van der Waals surface area contributed by atoms with Gasteiger partial charge in [-0.25, -0.2) is 4.68 Å². The molecule has 1 aliphatic carbocycles. The highest BCUT2D eigenvalue weighted by Crippen LogP contribution is 2.36. The zero-order chi connectivity index (χ0) is 17.2. The molecule has 0 saturated heterocycles. The molecule has 4 rings (SSSR count). The molecule has 0 bridgehead atoms. The van der Waals surface area contributed by atoms with Gasteiger partial charge >= 0.3 is 0 Å². The van der Waals surface area contributed by atoms with Gasteiger partial charge in [0.05, 0.1) is 11.8 Å². The fourth-order valence-electron chi connectivity index (χ4n) is 2.76. The molecule has 0 aliphatic heterocycles. The summed E-state index contributed by atoms with van der Waals surface area (Å²) in [4.78, 5) is 14.2. The van der Waals surface area contributed by atoms with Crippen molar-refractivity contribution in [2.24, 2.45) is 0 Å². The monoisotopic (exact) mass is 353 g/mol. The first-order valence-corrected chi connectivity index (χ1v) is 9.31. The summed E-state index contributed by atoms with van der Waals surface area (Å²) in [6.45, 7) is 0.595. The van der Waals surface area contributed by atoms with Crippen molar-refractivity contribution in [3.63, 3.8) is 0 Å². The zero-order valence-corrected chi connectivity index (χ0v) is 14.8. The number of fused-ring (bicyclic) bond motifs is 1. The van der Waals surface area contributed by atoms with E-state index in [0.29, 0.717) is 18.3 Å². The fraction of sp³-hybridized carbons (Fsp3) is 0.333. The maximum Gasteiger partial charge on any atom is 0.233 e. The Balaban J connectivity index is 1.37. The molecule has 6 nitrogen and oxygen atoms in total. The number of thioether (sulfide) groups is 1. The molecule has 2 aromatic carbocycles. The maximum absolute atomic E-state index is 12.4. The SMILES string of the molecule is CN(Cc1ccc2ccccc2c1)C(=O)CSc1nnnn1C1CC1. The van der Waals surface area contributed by atoms with Gasteiger partial charge in [-0.2, -0.15) is 0 Å². The lowest BCUT2D eigenvalue weighted by Gasteiger charge is -2.17. The number of aromatic nitrogens is 4. The van der Waals surface area contributed by atoms with Crippen molar-refractivity contribution in [3.8, 4) is 0 Å². The minimum absolute atomic E-state index is 0.0727. The molecular weight excluding hydrogens is 334 g/mol. The van der Waals surface area contributed by atoms with Gasteiger partial charge in [0.25, 0.3) is 0 Å². The molecule has 0 spiro atoms. The first kappa shape index (κ1) is 16.1. The van der Waals surface area contributed by atoms with Crippen LogP contribution in [-0.2, 0) is 11.3 Å². The molecule has 128 valence electrons. The number of tetrazole rings is 1. The van der Waals surface area contributed by atoms with Gasteiger partial charge in [-0.15, -0.1) is 5.10 Å². The number of hydrogen-bond donors (Lipinski definition) is 0. The molecular formula is C18H19N5OS. The highest BCUT2D eigenvalue weighted by atomic mass is 32.2. The molecule has 1 amide bonds. The number of rotatable bonds is 6. The van der Waals surface area contributed by atoms with Gasteiger partial charge in [0.1, 0.15) is 0 Å². The van der Waals surface area contributed by atoms with Crippen LogP contribution < -0.4 is 0 Å². The second-order valence-corrected chi connectivity index (χ2v) is 7.30. The summed E-state index contributed by atoms with van der Waals surface area (Å²) in [5.74, 6) is 0.417. The number of nitrogens with zero attached hydrogens (tertiary/aromatic N) is 5. The van der Waals surface area contributed by atoms with Crippen LogP contribution in [0.15, 0.2) is 47.6 Å². The molecule has 1 aromatic heterocycles. The van der Waals surface area contributed by atoms with Gasteiger partial charge in [0.15, 0.2) is 0 Å². The molecule has 0 atom stereocenters. The Morgan fingerprint density at radius 2 is 2.04 bits per heavy atom. The molecule has 25 heavy (non-hydrogen) atoms. The first-order valence-electron chi connectivity index (χ1n) is 8.33. The van der Waals surface area contributed by atoms with Crippen LogP contribution in [0.25, 0.3) is 10.8 Å². The maximum atomic E-state index is 12.4. The number of hydrogen-bond acceptors (Lipinski definition) is 5. The second-order valence-electron chi connectivity index (χ2n) is 6.36. The number of benzene rings is 2. The molecule has 1 fully saturated rings. The van der Waals surface area contributed by atoms with Gasteiger partial charge in [-0.1, -0.05) is 48.2 Å². The third-order valence-electron chi connectivity index (χ3n) is 4.34. The predicted molar refractivity (Wildman–Crippen MR) is 97.2 cm³/mol. The van der Waals surface area contributed by atoms with Crippen LogP contribution in [-0.4, -0.2) is 43.8 Å². The van der Waals surface area contributed by atoms with E-state index in [1.165, 1.54) is 22.5 Å². The lowest BCUT2D eigenvalue weighted by Crippen LogP contribution is -2.27. The summed E-state index contributed by atoms with van der Waals surface area (Å²) >= 11 is 1.41. The van der Waals surface area contributed by atoms with Gasteiger partial charge in [-0.3, -0.25) is 4.79 Å². The Bertz CT molecular complexity index is 905. The molecule has 0 radical (unpaired) electrons. The van der Waals surface area contributed by atoms with Crippen LogP contribution in [0.5, 0.6) is 0 Å². The van der Waals surface area contributed by atoms with Crippen LogP contribution in [0.3, 0.4) is 0 Å². The van der Waals surface area contributed by atoms with Gasteiger partial charge in [0, 0.05) is 13.6 Å². The number of carbonyl (C=O) groups excluding carboxylic acids is 1. The molecule has 0 N–H and O–H groups in total. The molecule has 3 aromatic rings. The van der Waals surface area contributed by atoms with E-state index < -0.39 is 0 Å². The highest BCUT2D eigenvalue weighted by molar-refractivity contribution is 7.99. The quantitative estimate of drug-likeness (QED) is 0.638. The number of carbonyl (C=O) groups is 1. The summed E-state index contributed by atoms with van der Waals surface area (Å²) in [6.07, 6.45) is 2.24. The van der Waals surface area contributed by atoms with Gasteiger partial charge in [-0.05, 0) is 45.7 Å². The Hall–Kier alpha value is -2.41. The topological polar surface area (TPSA) is 63.9 Å². The van der Waals surface area contributed by atoms with E-state index in [1.807, 2.05) is 23.9 Å². The van der Waals surface area contributed by atoms with Crippen molar-refractivity contribution in [2.75, 3.05) is 12.8 Å². The Labute approximate surface area is 150 Å². The van der Waals surface area contributed by atoms with Crippen molar-refractivity contribution in [1.82, 2.24) is 25.1 Å². The van der Waals surface area contributed by atoms with Crippen LogP contribution in [0, 0.1) is 0 Å². The van der Waals surface area contributed by atoms with Crippen LogP contribution >= 0.6 is 11.8 Å².